The number of hydrogen-bond acceptors (Lipinski definition) is 8. The minimum absolute atomic E-state index is 0.192. The summed E-state index contributed by atoms with van der Waals surface area (Å²) in [4.78, 5) is 17.7. The fourth-order valence-corrected chi connectivity index (χ4v) is 5.37. The van der Waals surface area contributed by atoms with Crippen molar-refractivity contribution in [2.75, 3.05) is 25.5 Å². The van der Waals surface area contributed by atoms with E-state index in [9.17, 15) is 23.2 Å². The van der Waals surface area contributed by atoms with Crippen molar-refractivity contribution in [1.82, 2.24) is 10.3 Å². The molecular weight excluding hydrogens is 587 g/mol. The Kier molecular flexibility index (Phi) is 7.34. The van der Waals surface area contributed by atoms with E-state index in [1.807, 2.05) is 0 Å². The molecule has 0 aliphatic heterocycles. The van der Waals surface area contributed by atoms with Crippen LogP contribution in [0.15, 0.2) is 81.6 Å². The highest BCUT2D eigenvalue weighted by Crippen LogP contribution is 2.43. The lowest BCUT2D eigenvalue weighted by Gasteiger charge is -2.24. The summed E-state index contributed by atoms with van der Waals surface area (Å²) >= 11 is -2.66. The lowest BCUT2D eigenvalue weighted by atomic mass is 9.97. The number of furan rings is 1. The fraction of sp³-hybridized carbons (Fsp3) is 0.0938. The predicted octanol–water partition coefficient (Wildman–Crippen LogP) is 6.18. The number of ether oxygens (including phenoxy) is 1. The van der Waals surface area contributed by atoms with Crippen molar-refractivity contribution in [3.63, 3.8) is 0 Å². The molecule has 6 rings (SSSR count). The molecule has 0 saturated carbocycles. The van der Waals surface area contributed by atoms with Crippen LogP contribution in [0.5, 0.6) is 5.75 Å². The number of hydrogen-bond donors (Lipinski definition) is 1. The average molecular weight is 610 g/mol. The first-order valence-corrected chi connectivity index (χ1v) is 14.2. The zero-order valence-electron chi connectivity index (χ0n) is 23.5. The Morgan fingerprint density at radius 1 is 1.05 bits per heavy atom. The fourth-order valence-electron chi connectivity index (χ4n) is 5.06. The van der Waals surface area contributed by atoms with E-state index in [1.54, 1.807) is 42.5 Å². The van der Waals surface area contributed by atoms with E-state index in [2.05, 4.69) is 16.4 Å². The van der Waals surface area contributed by atoms with Crippen molar-refractivity contribution in [3.05, 3.63) is 89.7 Å². The molecule has 0 aliphatic carbocycles. The maximum absolute atomic E-state index is 13.7. The minimum Gasteiger partial charge on any atom is -0.755 e. The van der Waals surface area contributed by atoms with Crippen molar-refractivity contribution in [2.24, 2.45) is 0 Å². The van der Waals surface area contributed by atoms with Gasteiger partial charge in [0.2, 0.25) is 5.89 Å². The minimum atomic E-state index is -2.66. The normalized spacial score (nSPS) is 11.8. The van der Waals surface area contributed by atoms with Gasteiger partial charge in [0.25, 0.3) is 5.91 Å². The molecule has 0 bridgehead atoms. The van der Waals surface area contributed by atoms with Gasteiger partial charge in [-0.25, -0.2) is 9.37 Å². The van der Waals surface area contributed by atoms with Crippen molar-refractivity contribution in [2.45, 2.75) is 0 Å². The Morgan fingerprint density at radius 3 is 2.48 bits per heavy atom. The molecule has 44 heavy (non-hydrogen) atoms. The van der Waals surface area contributed by atoms with Crippen LogP contribution < -0.4 is 14.4 Å². The number of anilines is 1. The van der Waals surface area contributed by atoms with Crippen LogP contribution in [0.3, 0.4) is 0 Å². The third-order valence-corrected chi connectivity index (χ3v) is 7.85. The molecule has 1 unspecified atom stereocenters. The van der Waals surface area contributed by atoms with Crippen LogP contribution in [0.25, 0.3) is 56.0 Å². The van der Waals surface area contributed by atoms with Crippen molar-refractivity contribution >= 4 is 44.9 Å². The topological polar surface area (TPSA) is 145 Å². The highest BCUT2D eigenvalue weighted by molar-refractivity contribution is 7.80. The van der Waals surface area contributed by atoms with E-state index in [-0.39, 0.29) is 28.5 Å². The van der Waals surface area contributed by atoms with E-state index in [4.69, 9.17) is 13.6 Å². The number of amides is 1. The summed E-state index contributed by atoms with van der Waals surface area (Å²) in [6, 6.07) is 21.0. The SMILES string of the molecule is CNC(=O)c1c(-c2ccc(F)cc2)oc2cc(N(C)S(=O)[O-])c(-c3ccc(OC)c(-c4nc5c(C#N)cccc5o4)c3)cc12. The average Bonchev–Trinajstić information content (AvgIpc) is 3.65. The molecule has 4 aromatic carbocycles. The van der Waals surface area contributed by atoms with Gasteiger partial charge in [0.15, 0.2) is 5.58 Å². The van der Waals surface area contributed by atoms with E-state index in [0.717, 1.165) is 4.31 Å². The number of carbonyl (C=O) groups excluding carboxylic acids is 1. The zero-order valence-corrected chi connectivity index (χ0v) is 24.3. The Bertz CT molecular complexity index is 2150. The molecule has 0 radical (unpaired) electrons. The lowest BCUT2D eigenvalue weighted by molar-refractivity contribution is 0.0964. The van der Waals surface area contributed by atoms with Gasteiger partial charge < -0.3 is 27.7 Å². The smallest absolute Gasteiger partial charge is 0.255 e. The van der Waals surface area contributed by atoms with Crippen molar-refractivity contribution in [1.29, 1.82) is 5.26 Å². The second kappa shape index (κ2) is 11.3. The highest BCUT2D eigenvalue weighted by atomic mass is 32.2. The van der Waals surface area contributed by atoms with Crippen LogP contribution in [-0.2, 0) is 11.3 Å². The van der Waals surface area contributed by atoms with Gasteiger partial charge in [0, 0.05) is 47.9 Å². The summed E-state index contributed by atoms with van der Waals surface area (Å²) in [7, 11) is 4.35. The van der Waals surface area contributed by atoms with Crippen LogP contribution in [0, 0.1) is 17.1 Å². The Labute approximate surface area is 252 Å². The molecule has 220 valence electrons. The summed E-state index contributed by atoms with van der Waals surface area (Å²) in [6.07, 6.45) is 0. The van der Waals surface area contributed by atoms with E-state index in [1.165, 1.54) is 51.5 Å². The number of nitrogens with one attached hydrogen (secondary N) is 1. The van der Waals surface area contributed by atoms with Crippen LogP contribution >= 0.6 is 0 Å². The molecular formula is C32H22FN4O6S-. The number of carbonyl (C=O) groups is 1. The Balaban J connectivity index is 1.62. The van der Waals surface area contributed by atoms with Gasteiger partial charge in [-0.05, 0) is 60.2 Å². The molecule has 0 aliphatic rings. The molecule has 10 nitrogen and oxygen atoms in total. The summed E-state index contributed by atoms with van der Waals surface area (Å²) in [5, 5.41) is 12.6. The third kappa shape index (κ3) is 4.84. The van der Waals surface area contributed by atoms with Gasteiger partial charge in [-0.3, -0.25) is 9.00 Å². The quantitative estimate of drug-likeness (QED) is 0.211. The number of nitriles is 1. The first-order chi connectivity index (χ1) is 21.2. The highest BCUT2D eigenvalue weighted by Gasteiger charge is 2.25. The van der Waals surface area contributed by atoms with Crippen LogP contribution in [0.1, 0.15) is 15.9 Å². The second-order valence-corrected chi connectivity index (χ2v) is 10.7. The van der Waals surface area contributed by atoms with Crippen molar-refractivity contribution < 1.29 is 31.5 Å². The molecule has 1 N–H and O–H groups in total. The molecule has 0 fully saturated rings. The van der Waals surface area contributed by atoms with Gasteiger partial charge in [-0.1, -0.05) is 12.1 Å². The number of methoxy groups -OCH3 is 1. The largest absolute Gasteiger partial charge is 0.755 e. The predicted molar refractivity (Wildman–Crippen MR) is 162 cm³/mol. The van der Waals surface area contributed by atoms with Gasteiger partial charge in [0.1, 0.15) is 34.5 Å². The third-order valence-electron chi connectivity index (χ3n) is 7.21. The van der Waals surface area contributed by atoms with Gasteiger partial charge >= 0.3 is 0 Å². The van der Waals surface area contributed by atoms with Crippen molar-refractivity contribution in [3.8, 4) is 45.7 Å². The summed E-state index contributed by atoms with van der Waals surface area (Å²) < 4.78 is 56.8. The second-order valence-electron chi connectivity index (χ2n) is 9.67. The Morgan fingerprint density at radius 2 is 1.80 bits per heavy atom. The van der Waals surface area contributed by atoms with Crippen LogP contribution in [0.2, 0.25) is 0 Å². The molecule has 0 spiro atoms. The summed E-state index contributed by atoms with van der Waals surface area (Å²) in [6.45, 7) is 0. The molecule has 1 atom stereocenters. The molecule has 12 heteroatoms. The Hall–Kier alpha value is -5.51. The molecule has 1 amide bonds. The lowest BCUT2D eigenvalue weighted by Crippen LogP contribution is -2.20. The number of aromatic nitrogens is 1. The number of fused-ring (bicyclic) bond motifs is 2. The number of halogens is 1. The van der Waals surface area contributed by atoms with E-state index >= 15 is 0 Å². The molecule has 2 heterocycles. The number of benzene rings is 4. The maximum atomic E-state index is 13.7. The first kappa shape index (κ1) is 28.6. The number of para-hydroxylation sites is 1. The van der Waals surface area contributed by atoms with Gasteiger partial charge in [-0.15, -0.1) is 0 Å². The number of nitrogens with zero attached hydrogens (tertiary/aromatic N) is 3. The molecule has 2 aromatic heterocycles. The van der Waals surface area contributed by atoms with E-state index in [0.29, 0.717) is 50.1 Å². The van der Waals surface area contributed by atoms with E-state index < -0.39 is 23.0 Å². The molecule has 0 saturated heterocycles. The van der Waals surface area contributed by atoms with Gasteiger partial charge in [-0.2, -0.15) is 5.26 Å². The maximum Gasteiger partial charge on any atom is 0.255 e. The number of oxazole rings is 1. The zero-order chi connectivity index (χ0) is 31.1. The molecule has 6 aromatic rings. The van der Waals surface area contributed by atoms with Gasteiger partial charge in [0.05, 0.1) is 29.5 Å². The van der Waals surface area contributed by atoms with Crippen LogP contribution in [0.4, 0.5) is 10.1 Å². The van der Waals surface area contributed by atoms with Crippen LogP contribution in [-0.4, -0.2) is 40.9 Å². The first-order valence-electron chi connectivity index (χ1n) is 13.1. The standard InChI is InChI=1S/C32H23FN4O6S/c1-35-31(38)28-22-14-21(24(37(2)44(39)40)15-27(22)42-30(28)17-7-10-20(33)11-8-17)18-9-12-25(41-3)23(13-18)32-36-29-19(16-34)5-4-6-26(29)43-32/h4-15H,1-3H3,(H,35,38)(H,39,40)/p-1. The monoisotopic (exact) mass is 609 g/mol. The summed E-state index contributed by atoms with van der Waals surface area (Å²) in [5.41, 5.74) is 3.76. The summed E-state index contributed by atoms with van der Waals surface area (Å²) in [5.74, 6) is -0.0808. The number of rotatable bonds is 7.